The molecule has 1 heterocycles. The molecule has 0 aliphatic rings. The van der Waals surface area contributed by atoms with Gasteiger partial charge in [0.25, 0.3) is 0 Å². The molecule has 4 N–H and O–H groups in total. The number of carbonyl (C=O) groups excluding carboxylic acids is 1. The summed E-state index contributed by atoms with van der Waals surface area (Å²) in [7, 11) is 3.13. The van der Waals surface area contributed by atoms with Gasteiger partial charge in [-0.05, 0) is 12.1 Å². The molecule has 7 nitrogen and oxygen atoms in total. The third kappa shape index (κ3) is 2.32. The van der Waals surface area contributed by atoms with Gasteiger partial charge in [-0.25, -0.2) is 4.98 Å². The fraction of sp³-hybridized carbons (Fsp3) is 0.333. The molecule has 2 rings (SSSR count). The third-order valence-electron chi connectivity index (χ3n) is 2.86. The Labute approximate surface area is 110 Å². The fourth-order valence-electron chi connectivity index (χ4n) is 1.95. The maximum absolute atomic E-state index is 11.3. The Morgan fingerprint density at radius 1 is 1.42 bits per heavy atom. The Hall–Kier alpha value is -2.28. The second-order valence-corrected chi connectivity index (χ2v) is 4.02. The SMILES string of the molecule is COCCn1c(N)nc2cc(C(N)=O)cc(OC)c21. The molecular formula is C12H16N4O3. The van der Waals surface area contributed by atoms with Crippen molar-refractivity contribution in [1.82, 2.24) is 9.55 Å². The van der Waals surface area contributed by atoms with Crippen molar-refractivity contribution in [1.29, 1.82) is 0 Å². The minimum atomic E-state index is -0.537. The maximum Gasteiger partial charge on any atom is 0.248 e. The normalized spacial score (nSPS) is 10.8. The molecule has 0 saturated heterocycles. The lowest BCUT2D eigenvalue weighted by atomic mass is 10.1. The average Bonchev–Trinajstić information content (AvgIpc) is 2.70. The smallest absolute Gasteiger partial charge is 0.248 e. The zero-order valence-electron chi connectivity index (χ0n) is 10.8. The number of nitrogens with two attached hydrogens (primary N) is 2. The molecule has 0 unspecified atom stereocenters. The number of amides is 1. The van der Waals surface area contributed by atoms with E-state index in [9.17, 15) is 4.79 Å². The average molecular weight is 264 g/mol. The first-order valence-corrected chi connectivity index (χ1v) is 5.71. The third-order valence-corrected chi connectivity index (χ3v) is 2.86. The predicted octanol–water partition coefficient (Wildman–Crippen LogP) is 0.372. The molecule has 2 aromatic rings. The summed E-state index contributed by atoms with van der Waals surface area (Å²) >= 11 is 0. The van der Waals surface area contributed by atoms with Crippen molar-refractivity contribution in [2.24, 2.45) is 5.73 Å². The quantitative estimate of drug-likeness (QED) is 0.811. The van der Waals surface area contributed by atoms with Crippen molar-refractivity contribution in [3.8, 4) is 5.75 Å². The number of hydrogen-bond acceptors (Lipinski definition) is 5. The van der Waals surface area contributed by atoms with Crippen LogP contribution in [-0.4, -0.2) is 36.3 Å². The molecular weight excluding hydrogens is 248 g/mol. The summed E-state index contributed by atoms with van der Waals surface area (Å²) in [5, 5.41) is 0. The second kappa shape index (κ2) is 5.15. The van der Waals surface area contributed by atoms with Crippen molar-refractivity contribution >= 4 is 22.9 Å². The summed E-state index contributed by atoms with van der Waals surface area (Å²) in [6.45, 7) is 1.04. The summed E-state index contributed by atoms with van der Waals surface area (Å²) < 4.78 is 12.1. The van der Waals surface area contributed by atoms with E-state index in [1.165, 1.54) is 7.11 Å². The highest BCUT2D eigenvalue weighted by Crippen LogP contribution is 2.29. The van der Waals surface area contributed by atoms with Crippen molar-refractivity contribution in [2.45, 2.75) is 6.54 Å². The van der Waals surface area contributed by atoms with Gasteiger partial charge in [-0.1, -0.05) is 0 Å². The zero-order chi connectivity index (χ0) is 14.0. The topological polar surface area (TPSA) is 105 Å². The highest BCUT2D eigenvalue weighted by molar-refractivity contribution is 5.98. The Kier molecular flexibility index (Phi) is 3.57. The number of ether oxygens (including phenoxy) is 2. The molecule has 0 atom stereocenters. The van der Waals surface area contributed by atoms with Crippen molar-refractivity contribution in [3.05, 3.63) is 17.7 Å². The van der Waals surface area contributed by atoms with Gasteiger partial charge >= 0.3 is 0 Å². The minimum absolute atomic E-state index is 0.334. The Bertz CT molecular complexity index is 621. The molecule has 0 aliphatic carbocycles. The Balaban J connectivity index is 2.65. The van der Waals surface area contributed by atoms with E-state index in [-0.39, 0.29) is 0 Å². The van der Waals surface area contributed by atoms with Gasteiger partial charge in [0.05, 0.1) is 19.2 Å². The van der Waals surface area contributed by atoms with Crippen LogP contribution in [0.1, 0.15) is 10.4 Å². The van der Waals surface area contributed by atoms with Crippen molar-refractivity contribution < 1.29 is 14.3 Å². The van der Waals surface area contributed by atoms with E-state index < -0.39 is 5.91 Å². The number of nitrogen functional groups attached to an aromatic ring is 1. The summed E-state index contributed by atoms with van der Waals surface area (Å²) in [5.41, 5.74) is 12.8. The van der Waals surface area contributed by atoms with Crippen LogP contribution in [0.5, 0.6) is 5.75 Å². The number of rotatable bonds is 5. The predicted molar refractivity (Wildman–Crippen MR) is 71.1 cm³/mol. The molecule has 0 aliphatic heterocycles. The first-order valence-electron chi connectivity index (χ1n) is 5.71. The lowest BCUT2D eigenvalue weighted by Gasteiger charge is -2.09. The van der Waals surface area contributed by atoms with Gasteiger partial charge in [-0.15, -0.1) is 0 Å². The molecule has 7 heteroatoms. The number of imidazole rings is 1. The number of hydrogen-bond donors (Lipinski definition) is 2. The molecule has 0 radical (unpaired) electrons. The lowest BCUT2D eigenvalue weighted by molar-refractivity contribution is 0.1000. The van der Waals surface area contributed by atoms with E-state index in [1.807, 2.05) is 0 Å². The van der Waals surface area contributed by atoms with Gasteiger partial charge in [0.2, 0.25) is 11.9 Å². The van der Waals surface area contributed by atoms with E-state index >= 15 is 0 Å². The molecule has 19 heavy (non-hydrogen) atoms. The highest BCUT2D eigenvalue weighted by atomic mass is 16.5. The number of benzene rings is 1. The standard InChI is InChI=1S/C12H16N4O3/c1-18-4-3-16-10-8(15-12(16)14)5-7(11(13)17)6-9(10)19-2/h5-6H,3-4H2,1-2H3,(H2,13,17)(H2,14,15). The Morgan fingerprint density at radius 3 is 2.74 bits per heavy atom. The first-order chi connectivity index (χ1) is 9.08. The molecule has 0 saturated carbocycles. The van der Waals surface area contributed by atoms with Gasteiger partial charge < -0.3 is 25.5 Å². The Morgan fingerprint density at radius 2 is 2.16 bits per heavy atom. The van der Waals surface area contributed by atoms with E-state index in [4.69, 9.17) is 20.9 Å². The van der Waals surface area contributed by atoms with Crippen LogP contribution in [0.25, 0.3) is 11.0 Å². The monoisotopic (exact) mass is 264 g/mol. The number of primary amides is 1. The van der Waals surface area contributed by atoms with Crippen LogP contribution in [0.2, 0.25) is 0 Å². The maximum atomic E-state index is 11.3. The van der Waals surface area contributed by atoms with Crippen LogP contribution < -0.4 is 16.2 Å². The number of aromatic nitrogens is 2. The summed E-state index contributed by atoms with van der Waals surface area (Å²) in [5.74, 6) is 0.309. The zero-order valence-corrected chi connectivity index (χ0v) is 10.8. The van der Waals surface area contributed by atoms with Crippen LogP contribution in [0.15, 0.2) is 12.1 Å². The van der Waals surface area contributed by atoms with Crippen LogP contribution in [0.3, 0.4) is 0 Å². The summed E-state index contributed by atoms with van der Waals surface area (Å²) in [6, 6.07) is 3.18. The van der Waals surface area contributed by atoms with E-state index in [0.29, 0.717) is 35.9 Å². The largest absolute Gasteiger partial charge is 0.494 e. The molecule has 102 valence electrons. The van der Waals surface area contributed by atoms with Crippen LogP contribution in [-0.2, 0) is 11.3 Å². The number of fused-ring (bicyclic) bond motifs is 1. The van der Waals surface area contributed by atoms with E-state index in [0.717, 1.165) is 5.52 Å². The van der Waals surface area contributed by atoms with Gasteiger partial charge in [0, 0.05) is 19.2 Å². The first kappa shape index (κ1) is 13.2. The number of anilines is 1. The minimum Gasteiger partial charge on any atom is -0.494 e. The summed E-state index contributed by atoms with van der Waals surface area (Å²) in [6.07, 6.45) is 0. The van der Waals surface area contributed by atoms with Gasteiger partial charge in [0.1, 0.15) is 11.3 Å². The number of nitrogens with zero attached hydrogens (tertiary/aromatic N) is 2. The highest BCUT2D eigenvalue weighted by Gasteiger charge is 2.16. The van der Waals surface area contributed by atoms with Crippen LogP contribution in [0.4, 0.5) is 5.95 Å². The lowest BCUT2D eigenvalue weighted by Crippen LogP contribution is -2.11. The van der Waals surface area contributed by atoms with Crippen LogP contribution in [0, 0.1) is 0 Å². The van der Waals surface area contributed by atoms with Gasteiger partial charge in [-0.3, -0.25) is 4.79 Å². The molecule has 0 fully saturated rings. The molecule has 1 aromatic heterocycles. The van der Waals surface area contributed by atoms with Crippen molar-refractivity contribution in [3.63, 3.8) is 0 Å². The summed E-state index contributed by atoms with van der Waals surface area (Å²) in [4.78, 5) is 15.5. The van der Waals surface area contributed by atoms with Crippen LogP contribution >= 0.6 is 0 Å². The number of carbonyl (C=O) groups is 1. The van der Waals surface area contributed by atoms with E-state index in [2.05, 4.69) is 4.98 Å². The number of methoxy groups -OCH3 is 2. The second-order valence-electron chi connectivity index (χ2n) is 4.02. The van der Waals surface area contributed by atoms with Crippen molar-refractivity contribution in [2.75, 3.05) is 26.6 Å². The molecule has 1 aromatic carbocycles. The van der Waals surface area contributed by atoms with E-state index in [1.54, 1.807) is 23.8 Å². The molecule has 1 amide bonds. The fourth-order valence-corrected chi connectivity index (χ4v) is 1.95. The van der Waals surface area contributed by atoms with Gasteiger partial charge in [-0.2, -0.15) is 0 Å². The van der Waals surface area contributed by atoms with Gasteiger partial charge in [0.15, 0.2) is 0 Å². The molecule has 0 bridgehead atoms. The molecule has 0 spiro atoms.